The van der Waals surface area contributed by atoms with Gasteiger partial charge in [0.15, 0.2) is 0 Å². The third kappa shape index (κ3) is 4.47. The predicted octanol–water partition coefficient (Wildman–Crippen LogP) is 2.21. The van der Waals surface area contributed by atoms with Crippen molar-refractivity contribution in [1.82, 2.24) is 10.6 Å². The summed E-state index contributed by atoms with van der Waals surface area (Å²) in [5.41, 5.74) is 0.254. The molecule has 0 aromatic heterocycles. The molecule has 0 heterocycles. The molecule has 1 atom stereocenters. The Kier molecular flexibility index (Phi) is 5.64. The van der Waals surface area contributed by atoms with Crippen LogP contribution in [0.5, 0.6) is 5.75 Å². The zero-order valence-electron chi connectivity index (χ0n) is 13.1. The first-order valence-electron chi connectivity index (χ1n) is 7.46. The van der Waals surface area contributed by atoms with Crippen LogP contribution in [0.4, 0.5) is 0 Å². The number of nitrogens with zero attached hydrogens (tertiary/aromatic N) is 1. The highest BCUT2D eigenvalue weighted by molar-refractivity contribution is 6.32. The van der Waals surface area contributed by atoms with Crippen LogP contribution in [0.25, 0.3) is 0 Å². The van der Waals surface area contributed by atoms with Crippen LogP contribution >= 0.6 is 11.6 Å². The van der Waals surface area contributed by atoms with Crippen molar-refractivity contribution in [2.75, 3.05) is 13.7 Å². The minimum absolute atomic E-state index is 0.172. The number of nitrogens with one attached hydrogen (secondary N) is 2. The molecule has 0 spiro atoms. The molecule has 1 aromatic carbocycles. The lowest BCUT2D eigenvalue weighted by Crippen LogP contribution is -2.48. The van der Waals surface area contributed by atoms with Crippen molar-refractivity contribution >= 4 is 17.5 Å². The molecular formula is C17H20ClN3O2. The highest BCUT2D eigenvalue weighted by atomic mass is 35.5. The quantitative estimate of drug-likeness (QED) is 0.715. The Labute approximate surface area is 141 Å². The van der Waals surface area contributed by atoms with Crippen molar-refractivity contribution in [2.24, 2.45) is 0 Å². The Morgan fingerprint density at radius 1 is 1.61 bits per heavy atom. The number of carbonyl (C=O) groups is 1. The van der Waals surface area contributed by atoms with E-state index in [9.17, 15) is 4.79 Å². The van der Waals surface area contributed by atoms with Crippen molar-refractivity contribution in [1.29, 1.82) is 5.26 Å². The lowest BCUT2D eigenvalue weighted by molar-refractivity contribution is -0.123. The lowest BCUT2D eigenvalue weighted by Gasteiger charge is -2.18. The Bertz CT molecular complexity index is 635. The number of hydrogen-bond acceptors (Lipinski definition) is 4. The SMILES string of the molecule is C=CCOc1ccc(C[C@H](NC)C(=O)NC2(C#N)CC2)cc1Cl. The van der Waals surface area contributed by atoms with Crippen molar-refractivity contribution < 1.29 is 9.53 Å². The smallest absolute Gasteiger partial charge is 0.238 e. The largest absolute Gasteiger partial charge is 0.488 e. The van der Waals surface area contributed by atoms with Gasteiger partial charge in [0.2, 0.25) is 5.91 Å². The highest BCUT2D eigenvalue weighted by Gasteiger charge is 2.45. The number of nitriles is 1. The van der Waals surface area contributed by atoms with Crippen molar-refractivity contribution in [3.63, 3.8) is 0 Å². The predicted molar refractivity (Wildman–Crippen MR) is 89.4 cm³/mol. The van der Waals surface area contributed by atoms with Crippen LogP contribution in [0.15, 0.2) is 30.9 Å². The molecule has 1 aliphatic carbocycles. The van der Waals surface area contributed by atoms with Crippen LogP contribution in [0.2, 0.25) is 5.02 Å². The number of ether oxygens (including phenoxy) is 1. The summed E-state index contributed by atoms with van der Waals surface area (Å²) < 4.78 is 5.43. The maximum atomic E-state index is 12.3. The van der Waals surface area contributed by atoms with E-state index in [4.69, 9.17) is 21.6 Å². The average Bonchev–Trinajstić information content (AvgIpc) is 3.31. The number of hydrogen-bond donors (Lipinski definition) is 2. The number of likely N-dealkylation sites (N-methyl/N-ethyl adjacent to an activating group) is 1. The molecule has 0 saturated heterocycles. The van der Waals surface area contributed by atoms with Gasteiger partial charge in [-0.2, -0.15) is 5.26 Å². The molecule has 1 fully saturated rings. The van der Waals surface area contributed by atoms with Crippen molar-refractivity contribution in [3.8, 4) is 11.8 Å². The molecule has 1 aliphatic rings. The van der Waals surface area contributed by atoms with E-state index in [0.717, 1.165) is 5.56 Å². The summed E-state index contributed by atoms with van der Waals surface area (Å²) in [7, 11) is 1.72. The number of amides is 1. The molecule has 6 heteroatoms. The average molecular weight is 334 g/mol. The molecule has 23 heavy (non-hydrogen) atoms. The van der Waals surface area contributed by atoms with Crippen molar-refractivity contribution in [3.05, 3.63) is 41.4 Å². The normalized spacial score (nSPS) is 16.0. The van der Waals surface area contributed by atoms with E-state index < -0.39 is 11.6 Å². The highest BCUT2D eigenvalue weighted by Crippen LogP contribution is 2.34. The third-order valence-electron chi connectivity index (χ3n) is 3.78. The lowest BCUT2D eigenvalue weighted by atomic mass is 10.0. The topological polar surface area (TPSA) is 74.2 Å². The van der Waals surface area contributed by atoms with Crippen LogP contribution in [-0.4, -0.2) is 31.1 Å². The molecular weight excluding hydrogens is 314 g/mol. The van der Waals surface area contributed by atoms with Gasteiger partial charge in [-0.1, -0.05) is 30.3 Å². The maximum Gasteiger partial charge on any atom is 0.238 e. The molecule has 0 unspecified atom stereocenters. The Hall–Kier alpha value is -2.03. The molecule has 122 valence electrons. The van der Waals surface area contributed by atoms with Gasteiger partial charge in [0, 0.05) is 0 Å². The molecule has 2 N–H and O–H groups in total. The van der Waals surface area contributed by atoms with E-state index >= 15 is 0 Å². The zero-order chi connectivity index (χ0) is 16.9. The molecule has 0 aliphatic heterocycles. The van der Waals surface area contributed by atoms with Crippen LogP contribution in [0, 0.1) is 11.3 Å². The van der Waals surface area contributed by atoms with E-state index in [0.29, 0.717) is 36.6 Å². The van der Waals surface area contributed by atoms with Crippen LogP contribution in [0.3, 0.4) is 0 Å². The summed E-state index contributed by atoms with van der Waals surface area (Å²) in [6.45, 7) is 3.98. The van der Waals surface area contributed by atoms with E-state index in [-0.39, 0.29) is 5.91 Å². The van der Waals surface area contributed by atoms with E-state index in [2.05, 4.69) is 23.3 Å². The third-order valence-corrected chi connectivity index (χ3v) is 4.08. The second-order valence-electron chi connectivity index (χ2n) is 5.59. The summed E-state index contributed by atoms with van der Waals surface area (Å²) in [6.07, 6.45) is 3.56. The van der Waals surface area contributed by atoms with Gasteiger partial charge in [-0.25, -0.2) is 0 Å². The van der Waals surface area contributed by atoms with Gasteiger partial charge in [0.25, 0.3) is 0 Å². The minimum Gasteiger partial charge on any atom is -0.488 e. The second-order valence-corrected chi connectivity index (χ2v) is 6.00. The summed E-state index contributed by atoms with van der Waals surface area (Å²) in [4.78, 5) is 12.3. The molecule has 0 radical (unpaired) electrons. The monoisotopic (exact) mass is 333 g/mol. The molecule has 2 rings (SSSR count). The summed E-state index contributed by atoms with van der Waals surface area (Å²) in [6, 6.07) is 7.18. The number of halogens is 1. The Morgan fingerprint density at radius 2 is 2.35 bits per heavy atom. The fraction of sp³-hybridized carbons (Fsp3) is 0.412. The van der Waals surface area contributed by atoms with Gasteiger partial charge in [-0.15, -0.1) is 0 Å². The van der Waals surface area contributed by atoms with Gasteiger partial charge in [0.05, 0.1) is 17.1 Å². The van der Waals surface area contributed by atoms with E-state index in [1.807, 2.05) is 6.07 Å². The molecule has 5 nitrogen and oxygen atoms in total. The van der Waals surface area contributed by atoms with Gasteiger partial charge in [-0.05, 0) is 44.0 Å². The van der Waals surface area contributed by atoms with E-state index in [1.165, 1.54) is 0 Å². The summed E-state index contributed by atoms with van der Waals surface area (Å²) >= 11 is 6.19. The van der Waals surface area contributed by atoms with Gasteiger partial charge in [0.1, 0.15) is 17.9 Å². The van der Waals surface area contributed by atoms with Gasteiger partial charge >= 0.3 is 0 Å². The standard InChI is InChI=1S/C17H20ClN3O2/c1-3-8-23-15-5-4-12(9-13(15)18)10-14(20-2)16(22)21-17(11-19)6-7-17/h3-5,9,14,20H,1,6-8,10H2,2H3,(H,21,22)/t14-/m0/s1. The minimum atomic E-state index is -0.661. The molecule has 1 aromatic rings. The van der Waals surface area contributed by atoms with Crippen LogP contribution in [0.1, 0.15) is 18.4 Å². The van der Waals surface area contributed by atoms with Crippen LogP contribution < -0.4 is 15.4 Å². The van der Waals surface area contributed by atoms with Gasteiger partial charge in [-0.3, -0.25) is 4.79 Å². The second kappa shape index (κ2) is 7.49. The zero-order valence-corrected chi connectivity index (χ0v) is 13.8. The number of benzene rings is 1. The first-order valence-corrected chi connectivity index (χ1v) is 7.84. The fourth-order valence-corrected chi connectivity index (χ4v) is 2.47. The number of carbonyl (C=O) groups excluding carboxylic acids is 1. The maximum absolute atomic E-state index is 12.3. The van der Waals surface area contributed by atoms with Crippen molar-refractivity contribution in [2.45, 2.75) is 30.8 Å². The van der Waals surface area contributed by atoms with E-state index in [1.54, 1.807) is 25.3 Å². The number of rotatable bonds is 8. The fourth-order valence-electron chi connectivity index (χ4n) is 2.21. The summed E-state index contributed by atoms with van der Waals surface area (Å²) in [5.74, 6) is 0.414. The molecule has 1 amide bonds. The first-order chi connectivity index (χ1) is 11.0. The Balaban J connectivity index is 2.01. The van der Waals surface area contributed by atoms with Gasteiger partial charge < -0.3 is 15.4 Å². The van der Waals surface area contributed by atoms with Crippen LogP contribution in [-0.2, 0) is 11.2 Å². The molecule has 1 saturated carbocycles. The molecule has 0 bridgehead atoms. The first kappa shape index (κ1) is 17.3. The summed E-state index contributed by atoms with van der Waals surface area (Å²) in [5, 5.41) is 15.4. The Morgan fingerprint density at radius 3 is 2.87 bits per heavy atom.